The Balaban J connectivity index is 1.67. The minimum absolute atomic E-state index is 0.0105. The molecule has 0 radical (unpaired) electrons. The molecule has 2 amide bonds. The van der Waals surface area contributed by atoms with E-state index >= 15 is 0 Å². The Bertz CT molecular complexity index is 839. The first-order chi connectivity index (χ1) is 13.3. The van der Waals surface area contributed by atoms with E-state index in [2.05, 4.69) is 29.7 Å². The average Bonchev–Trinajstić information content (AvgIpc) is 2.61. The Hall–Kier alpha value is -2.27. The van der Waals surface area contributed by atoms with Gasteiger partial charge in [0.1, 0.15) is 0 Å². The number of carbonyl (C=O) groups excluding carboxylic acids is 2. The van der Waals surface area contributed by atoms with Crippen LogP contribution in [0.4, 0.5) is 11.4 Å². The quantitative estimate of drug-likeness (QED) is 0.592. The van der Waals surface area contributed by atoms with E-state index in [1.54, 1.807) is 11.8 Å². The molecule has 0 heterocycles. The van der Waals surface area contributed by atoms with Crippen molar-refractivity contribution in [1.82, 2.24) is 0 Å². The molecule has 0 aliphatic carbocycles. The Morgan fingerprint density at radius 1 is 0.821 bits per heavy atom. The first-order valence-corrected chi connectivity index (χ1v) is 10.7. The van der Waals surface area contributed by atoms with Crippen molar-refractivity contribution in [3.8, 4) is 0 Å². The van der Waals surface area contributed by atoms with Crippen LogP contribution in [0.2, 0.25) is 0 Å². The summed E-state index contributed by atoms with van der Waals surface area (Å²) < 4.78 is 0. The van der Waals surface area contributed by atoms with E-state index in [4.69, 9.17) is 0 Å². The van der Waals surface area contributed by atoms with Crippen LogP contribution in [0.5, 0.6) is 0 Å². The Labute approximate surface area is 172 Å². The topological polar surface area (TPSA) is 58.2 Å². The van der Waals surface area contributed by atoms with Crippen molar-refractivity contribution < 1.29 is 9.59 Å². The standard InChI is InChI=1S/C23H30N2O2S/c1-15-11-18(4)23(19(5)12-15)25-21(26)7-6-10-28-14-22(27)24-20-9-8-16(2)17(3)13-20/h8-9,11-13H,6-7,10,14H2,1-5H3,(H,24,27)(H,25,26). The van der Waals surface area contributed by atoms with Gasteiger partial charge >= 0.3 is 0 Å². The molecule has 0 aliphatic rings. The van der Waals surface area contributed by atoms with Gasteiger partial charge in [0.15, 0.2) is 0 Å². The number of hydrogen-bond acceptors (Lipinski definition) is 3. The van der Waals surface area contributed by atoms with Gasteiger partial charge < -0.3 is 10.6 Å². The number of rotatable bonds is 8. The molecule has 0 saturated heterocycles. The lowest BCUT2D eigenvalue weighted by Gasteiger charge is -2.12. The molecular formula is C23H30N2O2S. The molecule has 0 atom stereocenters. The molecule has 0 spiro atoms. The summed E-state index contributed by atoms with van der Waals surface area (Å²) in [6.45, 7) is 10.2. The molecule has 150 valence electrons. The summed E-state index contributed by atoms with van der Waals surface area (Å²) in [5.74, 6) is 1.18. The molecule has 0 aliphatic heterocycles. The summed E-state index contributed by atoms with van der Waals surface area (Å²) in [6.07, 6.45) is 1.20. The van der Waals surface area contributed by atoms with Crippen LogP contribution >= 0.6 is 11.8 Å². The first kappa shape index (κ1) is 22.0. The van der Waals surface area contributed by atoms with E-state index in [0.29, 0.717) is 12.2 Å². The number of hydrogen-bond donors (Lipinski definition) is 2. The van der Waals surface area contributed by atoms with Crippen molar-refractivity contribution in [3.63, 3.8) is 0 Å². The van der Waals surface area contributed by atoms with E-state index in [0.717, 1.165) is 40.2 Å². The van der Waals surface area contributed by atoms with Gasteiger partial charge in [-0.2, -0.15) is 11.8 Å². The first-order valence-electron chi connectivity index (χ1n) is 9.59. The zero-order chi connectivity index (χ0) is 20.7. The highest BCUT2D eigenvalue weighted by Crippen LogP contribution is 2.22. The fourth-order valence-electron chi connectivity index (χ4n) is 3.10. The van der Waals surface area contributed by atoms with Crippen LogP contribution in [-0.4, -0.2) is 23.3 Å². The van der Waals surface area contributed by atoms with Gasteiger partial charge in [-0.3, -0.25) is 9.59 Å². The molecule has 0 aromatic heterocycles. The molecule has 0 unspecified atom stereocenters. The van der Waals surface area contributed by atoms with Crippen LogP contribution in [0.15, 0.2) is 30.3 Å². The van der Waals surface area contributed by atoms with Crippen LogP contribution in [0, 0.1) is 34.6 Å². The molecule has 2 aromatic carbocycles. The summed E-state index contributed by atoms with van der Waals surface area (Å²) in [4.78, 5) is 24.2. The van der Waals surface area contributed by atoms with Crippen LogP contribution < -0.4 is 10.6 Å². The molecule has 0 bridgehead atoms. The highest BCUT2D eigenvalue weighted by molar-refractivity contribution is 7.99. The SMILES string of the molecule is Cc1cc(C)c(NC(=O)CCCSCC(=O)Nc2ccc(C)c(C)c2)c(C)c1. The van der Waals surface area contributed by atoms with Crippen molar-refractivity contribution in [1.29, 1.82) is 0 Å². The molecule has 0 fully saturated rings. The maximum absolute atomic E-state index is 12.2. The minimum atomic E-state index is -0.0105. The summed E-state index contributed by atoms with van der Waals surface area (Å²) in [5, 5.41) is 5.94. The molecule has 2 rings (SSSR count). The van der Waals surface area contributed by atoms with Gasteiger partial charge in [-0.05, 0) is 81.2 Å². The Kier molecular flexibility index (Phi) is 8.12. The maximum atomic E-state index is 12.2. The minimum Gasteiger partial charge on any atom is -0.326 e. The zero-order valence-electron chi connectivity index (χ0n) is 17.4. The lowest BCUT2D eigenvalue weighted by Crippen LogP contribution is -2.15. The van der Waals surface area contributed by atoms with E-state index in [9.17, 15) is 9.59 Å². The maximum Gasteiger partial charge on any atom is 0.234 e. The molecule has 0 saturated carbocycles. The predicted octanol–water partition coefficient (Wildman–Crippen LogP) is 5.32. The van der Waals surface area contributed by atoms with Gasteiger partial charge in [-0.1, -0.05) is 23.8 Å². The smallest absolute Gasteiger partial charge is 0.234 e. The number of nitrogens with one attached hydrogen (secondary N) is 2. The third-order valence-electron chi connectivity index (χ3n) is 4.66. The molecule has 4 nitrogen and oxygen atoms in total. The lowest BCUT2D eigenvalue weighted by molar-refractivity contribution is -0.116. The van der Waals surface area contributed by atoms with Crippen LogP contribution in [0.3, 0.4) is 0 Å². The normalized spacial score (nSPS) is 10.6. The largest absolute Gasteiger partial charge is 0.326 e. The van der Waals surface area contributed by atoms with Gasteiger partial charge in [-0.25, -0.2) is 0 Å². The van der Waals surface area contributed by atoms with Crippen molar-refractivity contribution in [3.05, 3.63) is 58.1 Å². The summed E-state index contributed by atoms with van der Waals surface area (Å²) >= 11 is 1.55. The Morgan fingerprint density at radius 3 is 2.14 bits per heavy atom. The summed E-state index contributed by atoms with van der Waals surface area (Å²) in [5.41, 5.74) is 7.49. The number of amides is 2. The monoisotopic (exact) mass is 398 g/mol. The molecule has 28 heavy (non-hydrogen) atoms. The van der Waals surface area contributed by atoms with Gasteiger partial charge in [0.25, 0.3) is 0 Å². The van der Waals surface area contributed by atoms with E-state index in [1.807, 2.05) is 45.9 Å². The van der Waals surface area contributed by atoms with Crippen molar-refractivity contribution in [2.45, 2.75) is 47.5 Å². The second kappa shape index (κ2) is 10.3. The van der Waals surface area contributed by atoms with E-state index in [1.165, 1.54) is 11.1 Å². The van der Waals surface area contributed by atoms with E-state index in [-0.39, 0.29) is 11.8 Å². The van der Waals surface area contributed by atoms with Gasteiger partial charge in [-0.15, -0.1) is 0 Å². The number of benzene rings is 2. The second-order valence-electron chi connectivity index (χ2n) is 7.33. The van der Waals surface area contributed by atoms with Crippen molar-refractivity contribution in [2.75, 3.05) is 22.1 Å². The van der Waals surface area contributed by atoms with Crippen LogP contribution in [0.1, 0.15) is 40.7 Å². The molecule has 2 N–H and O–H groups in total. The number of carbonyl (C=O) groups is 2. The number of aryl methyl sites for hydroxylation is 5. The van der Waals surface area contributed by atoms with Crippen molar-refractivity contribution in [2.24, 2.45) is 0 Å². The fraction of sp³-hybridized carbons (Fsp3) is 0.391. The van der Waals surface area contributed by atoms with Crippen LogP contribution in [0.25, 0.3) is 0 Å². The molecule has 5 heteroatoms. The average molecular weight is 399 g/mol. The van der Waals surface area contributed by atoms with Crippen molar-refractivity contribution >= 4 is 35.0 Å². The van der Waals surface area contributed by atoms with Gasteiger partial charge in [0, 0.05) is 17.8 Å². The highest BCUT2D eigenvalue weighted by Gasteiger charge is 2.09. The lowest BCUT2D eigenvalue weighted by atomic mass is 10.0. The van der Waals surface area contributed by atoms with E-state index < -0.39 is 0 Å². The van der Waals surface area contributed by atoms with Crippen LogP contribution in [-0.2, 0) is 9.59 Å². The summed E-state index contributed by atoms with van der Waals surface area (Å²) in [6, 6.07) is 10.1. The molecule has 2 aromatic rings. The number of thioether (sulfide) groups is 1. The Morgan fingerprint density at radius 2 is 1.50 bits per heavy atom. The second-order valence-corrected chi connectivity index (χ2v) is 8.43. The van der Waals surface area contributed by atoms with Gasteiger partial charge in [0.2, 0.25) is 11.8 Å². The third kappa shape index (κ3) is 6.71. The number of anilines is 2. The third-order valence-corrected chi connectivity index (χ3v) is 5.70. The predicted molar refractivity (Wildman–Crippen MR) is 120 cm³/mol. The molecular weight excluding hydrogens is 368 g/mol. The summed E-state index contributed by atoms with van der Waals surface area (Å²) in [7, 11) is 0. The highest BCUT2D eigenvalue weighted by atomic mass is 32.2. The fourth-order valence-corrected chi connectivity index (χ4v) is 3.85. The van der Waals surface area contributed by atoms with Gasteiger partial charge in [0.05, 0.1) is 5.75 Å². The zero-order valence-corrected chi connectivity index (χ0v) is 18.3.